The number of halogens is 1. The lowest BCUT2D eigenvalue weighted by atomic mass is 10.1. The Balaban J connectivity index is 3.09. The van der Waals surface area contributed by atoms with Crippen LogP contribution in [0.1, 0.15) is 36.9 Å². The van der Waals surface area contributed by atoms with Gasteiger partial charge in [0.1, 0.15) is 0 Å². The minimum Gasteiger partial charge on any atom is -0.207 e. The van der Waals surface area contributed by atoms with Crippen LogP contribution in [-0.4, -0.2) is 25.8 Å². The van der Waals surface area contributed by atoms with E-state index < -0.39 is 10.0 Å². The Kier molecular flexibility index (Phi) is 6.30. The van der Waals surface area contributed by atoms with E-state index in [1.807, 2.05) is 13.8 Å². The van der Waals surface area contributed by atoms with Gasteiger partial charge in [0.05, 0.1) is 10.8 Å². The van der Waals surface area contributed by atoms with Crippen LogP contribution in [0.15, 0.2) is 11.0 Å². The number of thiophene rings is 1. The van der Waals surface area contributed by atoms with Crippen molar-refractivity contribution in [1.29, 1.82) is 0 Å². The molecule has 6 heteroatoms. The van der Waals surface area contributed by atoms with Crippen molar-refractivity contribution < 1.29 is 8.42 Å². The van der Waals surface area contributed by atoms with Crippen molar-refractivity contribution in [1.82, 2.24) is 4.31 Å². The smallest absolute Gasteiger partial charge is 0.207 e. The van der Waals surface area contributed by atoms with Crippen molar-refractivity contribution in [2.45, 2.75) is 44.9 Å². The Labute approximate surface area is 125 Å². The van der Waals surface area contributed by atoms with Crippen LogP contribution in [0.4, 0.5) is 0 Å². The fourth-order valence-corrected chi connectivity index (χ4v) is 5.12. The van der Waals surface area contributed by atoms with E-state index in [0.29, 0.717) is 29.8 Å². The van der Waals surface area contributed by atoms with Crippen molar-refractivity contribution >= 4 is 33.0 Å². The molecule has 0 saturated heterocycles. The van der Waals surface area contributed by atoms with Crippen molar-refractivity contribution in [3.05, 3.63) is 15.8 Å². The Bertz CT molecular complexity index is 511. The topological polar surface area (TPSA) is 37.4 Å². The second-order valence-electron chi connectivity index (χ2n) is 4.74. The van der Waals surface area contributed by atoms with Crippen LogP contribution in [0.5, 0.6) is 0 Å². The Hall–Kier alpha value is -0.100. The summed E-state index contributed by atoms with van der Waals surface area (Å²) >= 11 is 7.24. The molecule has 0 amide bonds. The summed E-state index contributed by atoms with van der Waals surface area (Å²) in [4.78, 5) is 2.13. The SMILES string of the molecule is CCC(C)CN(CC)S(=O)(=O)c1cc(CCl)sc1C. The van der Waals surface area contributed by atoms with E-state index in [1.54, 1.807) is 10.4 Å². The molecule has 3 nitrogen and oxygen atoms in total. The second kappa shape index (κ2) is 7.07. The van der Waals surface area contributed by atoms with E-state index in [-0.39, 0.29) is 0 Å². The quantitative estimate of drug-likeness (QED) is 0.715. The summed E-state index contributed by atoms with van der Waals surface area (Å²) in [6, 6.07) is 1.71. The number of alkyl halides is 1. The van der Waals surface area contributed by atoms with Crippen molar-refractivity contribution in [3.8, 4) is 0 Å². The van der Waals surface area contributed by atoms with Crippen molar-refractivity contribution in [2.75, 3.05) is 13.1 Å². The maximum absolute atomic E-state index is 12.7. The first-order valence-electron chi connectivity index (χ1n) is 6.52. The molecule has 0 aliphatic rings. The summed E-state index contributed by atoms with van der Waals surface area (Å²) in [5.41, 5.74) is 0. The van der Waals surface area contributed by atoms with E-state index in [2.05, 4.69) is 13.8 Å². The van der Waals surface area contributed by atoms with E-state index in [9.17, 15) is 8.42 Å². The summed E-state index contributed by atoms with van der Waals surface area (Å²) in [5.74, 6) is 0.722. The molecule has 0 radical (unpaired) electrons. The minimum atomic E-state index is -3.39. The van der Waals surface area contributed by atoms with Crippen LogP contribution in [0.3, 0.4) is 0 Å². The normalized spacial score (nSPS) is 14.0. The van der Waals surface area contributed by atoms with Gasteiger partial charge in [-0.1, -0.05) is 27.2 Å². The molecule has 1 aromatic rings. The first-order valence-corrected chi connectivity index (χ1v) is 9.31. The maximum atomic E-state index is 12.7. The lowest BCUT2D eigenvalue weighted by molar-refractivity contribution is 0.361. The lowest BCUT2D eigenvalue weighted by Crippen LogP contribution is -2.34. The molecule has 0 N–H and O–H groups in total. The third-order valence-electron chi connectivity index (χ3n) is 3.24. The average molecular weight is 324 g/mol. The van der Waals surface area contributed by atoms with Crippen LogP contribution < -0.4 is 0 Å². The summed E-state index contributed by atoms with van der Waals surface area (Å²) in [7, 11) is -3.39. The Morgan fingerprint density at radius 3 is 2.47 bits per heavy atom. The molecule has 1 unspecified atom stereocenters. The standard InChI is InChI=1S/C13H22ClNO2S2/c1-5-10(3)9-15(6-2)19(16,17)13-7-12(8-14)18-11(13)4/h7,10H,5-6,8-9H2,1-4H3. The van der Waals surface area contributed by atoms with Gasteiger partial charge in [-0.25, -0.2) is 8.42 Å². The molecule has 19 heavy (non-hydrogen) atoms. The Morgan fingerprint density at radius 2 is 2.05 bits per heavy atom. The highest BCUT2D eigenvalue weighted by Crippen LogP contribution is 2.29. The highest BCUT2D eigenvalue weighted by molar-refractivity contribution is 7.89. The van der Waals surface area contributed by atoms with E-state index >= 15 is 0 Å². The zero-order valence-corrected chi connectivity index (χ0v) is 14.3. The molecule has 0 aromatic carbocycles. The first kappa shape index (κ1) is 17.0. The number of sulfonamides is 1. The van der Waals surface area contributed by atoms with Crippen molar-refractivity contribution in [3.63, 3.8) is 0 Å². The molecule has 0 saturated carbocycles. The van der Waals surface area contributed by atoms with Crippen LogP contribution in [0.2, 0.25) is 0 Å². The highest BCUT2D eigenvalue weighted by Gasteiger charge is 2.27. The van der Waals surface area contributed by atoms with Gasteiger partial charge in [-0.05, 0) is 18.9 Å². The monoisotopic (exact) mass is 323 g/mol. The molecule has 0 aliphatic carbocycles. The largest absolute Gasteiger partial charge is 0.244 e. The van der Waals surface area contributed by atoms with E-state index in [1.165, 1.54) is 11.3 Å². The first-order chi connectivity index (χ1) is 8.86. The predicted molar refractivity (Wildman–Crippen MR) is 82.5 cm³/mol. The van der Waals surface area contributed by atoms with Gasteiger partial charge in [0.2, 0.25) is 10.0 Å². The molecule has 0 fully saturated rings. The second-order valence-corrected chi connectivity index (χ2v) is 8.25. The van der Waals surface area contributed by atoms with Gasteiger partial charge >= 0.3 is 0 Å². The van der Waals surface area contributed by atoms with E-state index in [0.717, 1.165) is 16.2 Å². The molecule has 0 aliphatic heterocycles. The van der Waals surface area contributed by atoms with Gasteiger partial charge in [0.15, 0.2) is 0 Å². The van der Waals surface area contributed by atoms with Gasteiger partial charge in [-0.3, -0.25) is 0 Å². The molecular formula is C13H22ClNO2S2. The van der Waals surface area contributed by atoms with Gasteiger partial charge < -0.3 is 0 Å². The summed E-state index contributed by atoms with van der Waals surface area (Å²) in [5, 5.41) is 0. The molecular weight excluding hydrogens is 302 g/mol. The average Bonchev–Trinajstić information content (AvgIpc) is 2.77. The summed E-state index contributed by atoms with van der Waals surface area (Å²) in [6.07, 6.45) is 0.974. The number of hydrogen-bond donors (Lipinski definition) is 0. The maximum Gasteiger partial charge on any atom is 0.244 e. The van der Waals surface area contributed by atoms with Gasteiger partial charge in [-0.2, -0.15) is 4.31 Å². The van der Waals surface area contributed by atoms with Crippen LogP contribution in [0.25, 0.3) is 0 Å². The fraction of sp³-hybridized carbons (Fsp3) is 0.692. The zero-order valence-electron chi connectivity index (χ0n) is 11.9. The summed E-state index contributed by atoms with van der Waals surface area (Å²) < 4.78 is 26.9. The van der Waals surface area contributed by atoms with Crippen LogP contribution in [-0.2, 0) is 15.9 Å². The molecule has 1 aromatic heterocycles. The number of nitrogens with zero attached hydrogens (tertiary/aromatic N) is 1. The molecule has 110 valence electrons. The van der Waals surface area contributed by atoms with E-state index in [4.69, 9.17) is 11.6 Å². The molecule has 1 atom stereocenters. The number of hydrogen-bond acceptors (Lipinski definition) is 3. The Morgan fingerprint density at radius 1 is 1.42 bits per heavy atom. The fourth-order valence-electron chi connectivity index (χ4n) is 1.86. The number of aryl methyl sites for hydroxylation is 1. The van der Waals surface area contributed by atoms with Gasteiger partial charge in [-0.15, -0.1) is 22.9 Å². The zero-order chi connectivity index (χ0) is 14.6. The lowest BCUT2D eigenvalue weighted by Gasteiger charge is -2.23. The van der Waals surface area contributed by atoms with Crippen LogP contribution in [0, 0.1) is 12.8 Å². The van der Waals surface area contributed by atoms with Crippen molar-refractivity contribution in [2.24, 2.45) is 5.92 Å². The van der Waals surface area contributed by atoms with Gasteiger partial charge in [0.25, 0.3) is 0 Å². The third-order valence-corrected chi connectivity index (χ3v) is 6.93. The molecule has 1 heterocycles. The van der Waals surface area contributed by atoms with Crippen LogP contribution >= 0.6 is 22.9 Å². The summed E-state index contributed by atoms with van der Waals surface area (Å²) in [6.45, 7) is 8.93. The third kappa shape index (κ3) is 3.94. The molecule has 0 spiro atoms. The minimum absolute atomic E-state index is 0.360. The molecule has 1 rings (SSSR count). The number of rotatable bonds is 7. The molecule has 0 bridgehead atoms. The predicted octanol–water partition coefficient (Wildman–Crippen LogP) is 3.85. The highest BCUT2D eigenvalue weighted by atomic mass is 35.5. The van der Waals surface area contributed by atoms with Gasteiger partial charge in [0, 0.05) is 22.8 Å².